The summed E-state index contributed by atoms with van der Waals surface area (Å²) in [5.74, 6) is -0.408. The lowest BCUT2D eigenvalue weighted by Gasteiger charge is -2.25. The molecule has 0 fully saturated rings. The van der Waals surface area contributed by atoms with Gasteiger partial charge in [-0.25, -0.2) is 13.8 Å². The van der Waals surface area contributed by atoms with Gasteiger partial charge in [-0.15, -0.1) is 0 Å². The fraction of sp³-hybridized carbons (Fsp3) is 0.156. The minimum Gasteiger partial charge on any atom is -0.484 e. The Hall–Kier alpha value is -4.67. The Bertz CT molecular complexity index is 1680. The van der Waals surface area contributed by atoms with Crippen LogP contribution >= 0.6 is 11.6 Å². The first-order valence-corrected chi connectivity index (χ1v) is 15.2. The van der Waals surface area contributed by atoms with Crippen LogP contribution in [0.4, 0.5) is 5.69 Å². The molecule has 1 atom stereocenters. The fourth-order valence-electron chi connectivity index (χ4n) is 4.14. The molecular weight excluding hydrogens is 588 g/mol. The lowest BCUT2D eigenvalue weighted by molar-refractivity contribution is -0.123. The minimum absolute atomic E-state index is 0.0381. The number of carbonyl (C=O) groups is 2. The van der Waals surface area contributed by atoms with Crippen LogP contribution in [0.3, 0.4) is 0 Å². The molecule has 0 aliphatic rings. The van der Waals surface area contributed by atoms with E-state index < -0.39 is 22.5 Å². The summed E-state index contributed by atoms with van der Waals surface area (Å²) >= 11 is 6.26. The first kappa shape index (κ1) is 31.3. The Labute approximate surface area is 256 Å². The van der Waals surface area contributed by atoms with Gasteiger partial charge in [0.2, 0.25) is 0 Å². The lowest BCUT2D eigenvalue weighted by atomic mass is 10.1. The van der Waals surface area contributed by atoms with Crippen molar-refractivity contribution < 1.29 is 22.7 Å². The normalized spacial score (nSPS) is 12.0. The van der Waals surface area contributed by atoms with Gasteiger partial charge in [0.15, 0.2) is 6.61 Å². The van der Waals surface area contributed by atoms with E-state index in [1.165, 1.54) is 18.3 Å². The van der Waals surface area contributed by atoms with Crippen LogP contribution in [-0.4, -0.2) is 39.6 Å². The number of nitrogens with zero attached hydrogens (tertiary/aromatic N) is 2. The molecule has 2 N–H and O–H groups in total. The van der Waals surface area contributed by atoms with E-state index in [4.69, 9.17) is 16.3 Å². The number of sulfonamides is 1. The number of benzene rings is 4. The van der Waals surface area contributed by atoms with Crippen molar-refractivity contribution in [2.45, 2.75) is 24.8 Å². The summed E-state index contributed by atoms with van der Waals surface area (Å²) in [6, 6.07) is 29.0. The summed E-state index contributed by atoms with van der Waals surface area (Å²) in [6.45, 7) is 2.92. The van der Waals surface area contributed by atoms with E-state index in [1.54, 1.807) is 67.6 Å². The number of carbonyl (C=O) groups excluding carboxylic acids is 2. The average Bonchev–Trinajstić information content (AvgIpc) is 3.02. The van der Waals surface area contributed by atoms with E-state index in [0.717, 1.165) is 9.87 Å². The van der Waals surface area contributed by atoms with Gasteiger partial charge < -0.3 is 10.1 Å². The summed E-state index contributed by atoms with van der Waals surface area (Å²) < 4.78 is 33.6. The standard InChI is InChI=1S/C32H31ClN4O5S/c1-23-29(33)14-9-15-30(23)37(43(40,41)28-12-7-4-8-13-28)21-31(38)36-34-20-25-16-18-27(19-17-25)42-22-32(39)35-24(2)26-10-5-3-6-11-26/h3-20,24H,21-22H2,1-2H3,(H,35,39)(H,36,38)/b34-20-/t24-/m0/s1. The maximum Gasteiger partial charge on any atom is 0.264 e. The van der Waals surface area contributed by atoms with Crippen molar-refractivity contribution in [3.05, 3.63) is 125 Å². The molecule has 0 aliphatic heterocycles. The number of anilines is 1. The molecule has 0 radical (unpaired) electrons. The van der Waals surface area contributed by atoms with Crippen LogP contribution in [0.1, 0.15) is 29.7 Å². The molecular formula is C32H31ClN4O5S. The zero-order chi connectivity index (χ0) is 30.8. The maximum atomic E-state index is 13.5. The Morgan fingerprint density at radius 3 is 2.23 bits per heavy atom. The molecule has 0 saturated carbocycles. The maximum absolute atomic E-state index is 13.5. The predicted molar refractivity (Wildman–Crippen MR) is 168 cm³/mol. The van der Waals surface area contributed by atoms with Crippen LogP contribution in [0.15, 0.2) is 113 Å². The highest BCUT2D eigenvalue weighted by atomic mass is 35.5. The number of hydrogen-bond acceptors (Lipinski definition) is 6. The van der Waals surface area contributed by atoms with Crippen molar-refractivity contribution >= 4 is 45.3 Å². The van der Waals surface area contributed by atoms with E-state index in [2.05, 4.69) is 15.8 Å². The number of hydrogen-bond donors (Lipinski definition) is 2. The molecule has 0 spiro atoms. The number of amides is 2. The van der Waals surface area contributed by atoms with Crippen LogP contribution in [0.2, 0.25) is 5.02 Å². The number of rotatable bonds is 12. The van der Waals surface area contributed by atoms with Crippen LogP contribution in [0.5, 0.6) is 5.75 Å². The van der Waals surface area contributed by atoms with Gasteiger partial charge in [0, 0.05) is 5.02 Å². The van der Waals surface area contributed by atoms with Crippen LogP contribution in [0.25, 0.3) is 0 Å². The first-order valence-electron chi connectivity index (χ1n) is 13.4. The van der Waals surface area contributed by atoms with Crippen molar-refractivity contribution in [1.29, 1.82) is 0 Å². The van der Waals surface area contributed by atoms with Crippen molar-refractivity contribution in [3.63, 3.8) is 0 Å². The zero-order valence-corrected chi connectivity index (χ0v) is 25.2. The Kier molecular flexibility index (Phi) is 10.5. The topological polar surface area (TPSA) is 117 Å². The second-order valence-corrected chi connectivity index (χ2v) is 11.8. The van der Waals surface area contributed by atoms with Gasteiger partial charge in [0.1, 0.15) is 12.3 Å². The smallest absolute Gasteiger partial charge is 0.264 e. The predicted octanol–water partition coefficient (Wildman–Crippen LogP) is 5.25. The summed E-state index contributed by atoms with van der Waals surface area (Å²) in [4.78, 5) is 25.1. The lowest BCUT2D eigenvalue weighted by Crippen LogP contribution is -2.40. The number of nitrogens with one attached hydrogen (secondary N) is 2. The highest BCUT2D eigenvalue weighted by Gasteiger charge is 2.28. The molecule has 9 nitrogen and oxygen atoms in total. The molecule has 4 aromatic carbocycles. The van der Waals surface area contributed by atoms with E-state index >= 15 is 0 Å². The number of hydrazone groups is 1. The summed E-state index contributed by atoms with van der Waals surface area (Å²) in [5, 5.41) is 7.24. The molecule has 0 aliphatic carbocycles. The van der Waals surface area contributed by atoms with Crippen molar-refractivity contribution in [1.82, 2.24) is 10.7 Å². The molecule has 222 valence electrons. The highest BCUT2D eigenvalue weighted by molar-refractivity contribution is 7.92. The largest absolute Gasteiger partial charge is 0.484 e. The highest BCUT2D eigenvalue weighted by Crippen LogP contribution is 2.30. The summed E-state index contributed by atoms with van der Waals surface area (Å²) in [6.07, 6.45) is 1.41. The van der Waals surface area contributed by atoms with Gasteiger partial charge in [-0.2, -0.15) is 5.10 Å². The first-order chi connectivity index (χ1) is 20.6. The number of ether oxygens (including phenoxy) is 1. The van der Waals surface area contributed by atoms with Crippen molar-refractivity contribution in [3.8, 4) is 5.75 Å². The fourth-order valence-corrected chi connectivity index (χ4v) is 5.81. The Morgan fingerprint density at radius 1 is 0.907 bits per heavy atom. The van der Waals surface area contributed by atoms with Gasteiger partial charge >= 0.3 is 0 Å². The van der Waals surface area contributed by atoms with E-state index in [9.17, 15) is 18.0 Å². The summed E-state index contributed by atoms with van der Waals surface area (Å²) in [7, 11) is -4.08. The minimum atomic E-state index is -4.08. The third-order valence-corrected chi connectivity index (χ3v) is 8.64. The molecule has 4 rings (SSSR count). The monoisotopic (exact) mass is 618 g/mol. The molecule has 4 aromatic rings. The molecule has 0 bridgehead atoms. The Balaban J connectivity index is 1.34. The average molecular weight is 619 g/mol. The molecule has 2 amide bonds. The van der Waals surface area contributed by atoms with Gasteiger partial charge in [0.05, 0.1) is 22.8 Å². The van der Waals surface area contributed by atoms with E-state index in [1.807, 2.05) is 37.3 Å². The third-order valence-electron chi connectivity index (χ3n) is 6.46. The van der Waals surface area contributed by atoms with E-state index in [-0.39, 0.29) is 29.1 Å². The summed E-state index contributed by atoms with van der Waals surface area (Å²) in [5.41, 5.74) is 4.83. The second-order valence-electron chi connectivity index (χ2n) is 9.56. The molecule has 0 aromatic heterocycles. The zero-order valence-electron chi connectivity index (χ0n) is 23.6. The molecule has 0 unspecified atom stereocenters. The SMILES string of the molecule is Cc1c(Cl)cccc1N(CC(=O)N/N=C\c1ccc(OCC(=O)N[C@@H](C)c2ccccc2)cc1)S(=O)(=O)c1ccccc1. The van der Waals surface area contributed by atoms with Crippen LogP contribution in [-0.2, 0) is 19.6 Å². The van der Waals surface area contributed by atoms with Crippen molar-refractivity contribution in [2.75, 3.05) is 17.5 Å². The Morgan fingerprint density at radius 2 is 1.56 bits per heavy atom. The quantitative estimate of drug-likeness (QED) is 0.166. The molecule has 43 heavy (non-hydrogen) atoms. The van der Waals surface area contributed by atoms with Gasteiger partial charge in [-0.1, -0.05) is 66.2 Å². The van der Waals surface area contributed by atoms with Crippen LogP contribution in [0, 0.1) is 6.92 Å². The van der Waals surface area contributed by atoms with Gasteiger partial charge in [-0.3, -0.25) is 13.9 Å². The van der Waals surface area contributed by atoms with Gasteiger partial charge in [-0.05, 0) is 79.1 Å². The van der Waals surface area contributed by atoms with Crippen molar-refractivity contribution in [2.24, 2.45) is 5.10 Å². The molecule has 0 heterocycles. The van der Waals surface area contributed by atoms with Crippen LogP contribution < -0.4 is 19.8 Å². The third kappa shape index (κ3) is 8.43. The second kappa shape index (κ2) is 14.5. The number of halogens is 1. The van der Waals surface area contributed by atoms with E-state index in [0.29, 0.717) is 21.9 Å². The molecule has 11 heteroatoms. The molecule has 0 saturated heterocycles. The van der Waals surface area contributed by atoms with Gasteiger partial charge in [0.25, 0.3) is 21.8 Å².